The minimum Gasteiger partial charge on any atom is -0.313 e. The zero-order valence-corrected chi connectivity index (χ0v) is 14.1. The fourth-order valence-corrected chi connectivity index (χ4v) is 5.00. The summed E-state index contributed by atoms with van der Waals surface area (Å²) in [4.78, 5) is 0.889. The quantitative estimate of drug-likeness (QED) is 0.910. The van der Waals surface area contributed by atoms with Gasteiger partial charge in [0, 0.05) is 16.0 Å². The fourth-order valence-electron chi connectivity index (χ4n) is 2.99. The molecule has 3 atom stereocenters. The number of hydrogen-bond donors (Lipinski definition) is 1. The zero-order valence-electron chi connectivity index (χ0n) is 12.5. The first-order valence-corrected chi connectivity index (χ1v) is 8.91. The van der Waals surface area contributed by atoms with Crippen molar-refractivity contribution in [3.63, 3.8) is 0 Å². The van der Waals surface area contributed by atoms with Crippen molar-refractivity contribution < 1.29 is 4.21 Å². The van der Waals surface area contributed by atoms with E-state index in [1.807, 2.05) is 24.3 Å². The molecule has 1 aliphatic rings. The summed E-state index contributed by atoms with van der Waals surface area (Å²) in [6.45, 7) is 7.60. The third-order valence-electron chi connectivity index (χ3n) is 4.12. The second-order valence-electron chi connectivity index (χ2n) is 6.36. The van der Waals surface area contributed by atoms with Crippen molar-refractivity contribution >= 4 is 22.4 Å². The second kappa shape index (κ2) is 6.59. The summed E-state index contributed by atoms with van der Waals surface area (Å²) in [5.74, 6) is 0. The van der Waals surface area contributed by atoms with Crippen LogP contribution in [-0.4, -0.2) is 22.0 Å². The number of rotatable bonds is 4. The Bertz CT molecular complexity index is 472. The van der Waals surface area contributed by atoms with E-state index in [2.05, 4.69) is 26.1 Å². The van der Waals surface area contributed by atoms with E-state index >= 15 is 0 Å². The molecule has 0 spiro atoms. The molecule has 1 aromatic carbocycles. The van der Waals surface area contributed by atoms with Crippen molar-refractivity contribution in [1.82, 2.24) is 5.32 Å². The summed E-state index contributed by atoms with van der Waals surface area (Å²) >= 11 is 5.91. The molecular formula is C16H24ClNOS. The maximum atomic E-state index is 12.9. The summed E-state index contributed by atoms with van der Waals surface area (Å²) in [7, 11) is -0.977. The molecule has 0 aromatic heterocycles. The molecule has 1 aromatic rings. The highest BCUT2D eigenvalue weighted by Gasteiger charge is 2.38. The molecule has 1 fully saturated rings. The van der Waals surface area contributed by atoms with E-state index in [9.17, 15) is 4.21 Å². The standard InChI is InChI=1S/C16H24ClNOS/c1-4-18-14-9-10-16(2,3)11-15(14)20(19)13-7-5-12(17)6-8-13/h5-8,14-15,18H,4,9-11H2,1-3H3. The van der Waals surface area contributed by atoms with E-state index in [0.717, 1.165) is 24.3 Å². The Morgan fingerprint density at radius 2 is 2.00 bits per heavy atom. The lowest BCUT2D eigenvalue weighted by atomic mass is 9.75. The molecule has 2 nitrogen and oxygen atoms in total. The van der Waals surface area contributed by atoms with Gasteiger partial charge in [-0.05, 0) is 55.5 Å². The summed E-state index contributed by atoms with van der Waals surface area (Å²) in [5.41, 5.74) is 0.276. The van der Waals surface area contributed by atoms with Crippen LogP contribution in [0.3, 0.4) is 0 Å². The Balaban J connectivity index is 2.20. The lowest BCUT2D eigenvalue weighted by molar-refractivity contribution is 0.213. The van der Waals surface area contributed by atoms with Gasteiger partial charge in [-0.25, -0.2) is 0 Å². The van der Waals surface area contributed by atoms with E-state index in [1.165, 1.54) is 6.42 Å². The second-order valence-corrected chi connectivity index (χ2v) is 8.47. The highest BCUT2D eigenvalue weighted by molar-refractivity contribution is 7.85. The van der Waals surface area contributed by atoms with E-state index < -0.39 is 10.8 Å². The van der Waals surface area contributed by atoms with Crippen LogP contribution >= 0.6 is 11.6 Å². The van der Waals surface area contributed by atoms with Gasteiger partial charge in [-0.1, -0.05) is 32.4 Å². The highest BCUT2D eigenvalue weighted by Crippen LogP contribution is 2.38. The van der Waals surface area contributed by atoms with Gasteiger partial charge in [-0.3, -0.25) is 4.21 Å². The number of hydrogen-bond acceptors (Lipinski definition) is 2. The van der Waals surface area contributed by atoms with Crippen LogP contribution < -0.4 is 5.32 Å². The molecule has 0 radical (unpaired) electrons. The van der Waals surface area contributed by atoms with Crippen molar-refractivity contribution in [2.24, 2.45) is 5.41 Å². The van der Waals surface area contributed by atoms with Crippen molar-refractivity contribution in [2.45, 2.75) is 56.2 Å². The summed E-state index contributed by atoms with van der Waals surface area (Å²) in [6, 6.07) is 7.78. The van der Waals surface area contributed by atoms with Gasteiger partial charge in [0.25, 0.3) is 0 Å². The molecule has 112 valence electrons. The highest BCUT2D eigenvalue weighted by atomic mass is 35.5. The molecule has 2 rings (SSSR count). The molecule has 0 aliphatic heterocycles. The van der Waals surface area contributed by atoms with Crippen LogP contribution in [0.1, 0.15) is 40.0 Å². The predicted octanol–water partition coefficient (Wildman–Crippen LogP) is 4.00. The Morgan fingerprint density at radius 3 is 2.60 bits per heavy atom. The smallest absolute Gasteiger partial charge is 0.0576 e. The van der Waals surface area contributed by atoms with Gasteiger partial charge in [-0.15, -0.1) is 0 Å². The molecule has 20 heavy (non-hydrogen) atoms. The van der Waals surface area contributed by atoms with Crippen molar-refractivity contribution in [3.8, 4) is 0 Å². The molecule has 0 heterocycles. The molecule has 0 bridgehead atoms. The van der Waals surface area contributed by atoms with Gasteiger partial charge in [0.15, 0.2) is 0 Å². The van der Waals surface area contributed by atoms with Gasteiger partial charge >= 0.3 is 0 Å². The molecule has 1 saturated carbocycles. The lowest BCUT2D eigenvalue weighted by Crippen LogP contribution is -2.48. The average Bonchev–Trinajstić information content (AvgIpc) is 2.41. The van der Waals surface area contributed by atoms with Crippen molar-refractivity contribution in [3.05, 3.63) is 29.3 Å². The maximum Gasteiger partial charge on any atom is 0.0576 e. The Labute approximate surface area is 129 Å². The first-order chi connectivity index (χ1) is 9.43. The minimum atomic E-state index is -0.977. The van der Waals surface area contributed by atoms with Gasteiger partial charge in [0.05, 0.1) is 16.0 Å². The summed E-state index contributed by atoms with van der Waals surface area (Å²) in [6.07, 6.45) is 3.30. The number of halogens is 1. The molecule has 1 N–H and O–H groups in total. The van der Waals surface area contributed by atoms with Gasteiger partial charge in [0.2, 0.25) is 0 Å². The van der Waals surface area contributed by atoms with Gasteiger partial charge in [-0.2, -0.15) is 0 Å². The van der Waals surface area contributed by atoms with Crippen LogP contribution in [0.25, 0.3) is 0 Å². The topological polar surface area (TPSA) is 29.1 Å². The number of nitrogens with one attached hydrogen (secondary N) is 1. The Hall–Kier alpha value is -0.380. The molecular weight excluding hydrogens is 290 g/mol. The summed E-state index contributed by atoms with van der Waals surface area (Å²) < 4.78 is 12.9. The van der Waals surface area contributed by atoms with Gasteiger partial charge < -0.3 is 5.32 Å². The average molecular weight is 314 g/mol. The van der Waals surface area contributed by atoms with Crippen LogP contribution in [0.2, 0.25) is 5.02 Å². The maximum absolute atomic E-state index is 12.9. The molecule has 0 saturated heterocycles. The van der Waals surface area contributed by atoms with Crippen molar-refractivity contribution in [1.29, 1.82) is 0 Å². The lowest BCUT2D eigenvalue weighted by Gasteiger charge is -2.40. The van der Waals surface area contributed by atoms with Crippen LogP contribution in [0.15, 0.2) is 29.2 Å². The third kappa shape index (κ3) is 3.84. The zero-order chi connectivity index (χ0) is 14.8. The minimum absolute atomic E-state index is 0.180. The fraction of sp³-hybridized carbons (Fsp3) is 0.625. The van der Waals surface area contributed by atoms with Crippen LogP contribution in [0.5, 0.6) is 0 Å². The normalized spacial score (nSPS) is 27.2. The van der Waals surface area contributed by atoms with Crippen LogP contribution in [0.4, 0.5) is 0 Å². The molecule has 0 amide bonds. The molecule has 4 heteroatoms. The van der Waals surface area contributed by atoms with E-state index in [0.29, 0.717) is 11.1 Å². The number of benzene rings is 1. The Kier molecular flexibility index (Phi) is 5.27. The monoisotopic (exact) mass is 313 g/mol. The first-order valence-electron chi connectivity index (χ1n) is 7.32. The first kappa shape index (κ1) is 16.0. The van der Waals surface area contributed by atoms with Crippen LogP contribution in [-0.2, 0) is 10.8 Å². The van der Waals surface area contributed by atoms with E-state index in [-0.39, 0.29) is 10.7 Å². The summed E-state index contributed by atoms with van der Waals surface area (Å²) in [5, 5.41) is 4.39. The third-order valence-corrected chi connectivity index (χ3v) is 6.16. The molecule has 3 unspecified atom stereocenters. The SMILES string of the molecule is CCNC1CCC(C)(C)CC1S(=O)c1ccc(Cl)cc1. The Morgan fingerprint density at radius 1 is 1.35 bits per heavy atom. The molecule has 1 aliphatic carbocycles. The van der Waals surface area contributed by atoms with E-state index in [4.69, 9.17) is 11.6 Å². The van der Waals surface area contributed by atoms with E-state index in [1.54, 1.807) is 0 Å². The predicted molar refractivity (Wildman–Crippen MR) is 86.7 cm³/mol. The van der Waals surface area contributed by atoms with Crippen molar-refractivity contribution in [2.75, 3.05) is 6.54 Å². The van der Waals surface area contributed by atoms with Crippen LogP contribution in [0, 0.1) is 5.41 Å². The largest absolute Gasteiger partial charge is 0.313 e. The van der Waals surface area contributed by atoms with Gasteiger partial charge in [0.1, 0.15) is 0 Å².